The Hall–Kier alpha value is -7.77. The zero-order valence-electron chi connectivity index (χ0n) is 73.9. The lowest BCUT2D eigenvalue weighted by molar-refractivity contribution is -0.184. The first-order valence-corrected chi connectivity index (χ1v) is 47.1. The summed E-state index contributed by atoms with van der Waals surface area (Å²) in [6.45, 7) is 18.1. The second-order valence-corrected chi connectivity index (χ2v) is 38.5. The van der Waals surface area contributed by atoms with Crippen LogP contribution in [0.4, 0.5) is 32.3 Å². The summed E-state index contributed by atoms with van der Waals surface area (Å²) in [7, 11) is 0. The van der Waals surface area contributed by atoms with Gasteiger partial charge in [-0.3, -0.25) is 33.6 Å². The molecule has 127 heavy (non-hydrogen) atoms. The van der Waals surface area contributed by atoms with Crippen molar-refractivity contribution < 1.29 is 65.9 Å². The van der Waals surface area contributed by atoms with E-state index >= 15 is 0 Å². The van der Waals surface area contributed by atoms with Gasteiger partial charge >= 0.3 is 36.2 Å². The predicted molar refractivity (Wildman–Crippen MR) is 471 cm³/mol. The molecule has 32 nitrogen and oxygen atoms in total. The first-order valence-electron chi connectivity index (χ1n) is 47.1. The molecule has 0 radical (unpaired) electrons. The fourth-order valence-electron chi connectivity index (χ4n) is 23.6. The Balaban J connectivity index is 0.000000162. The summed E-state index contributed by atoms with van der Waals surface area (Å²) in [4.78, 5) is 156. The van der Waals surface area contributed by atoms with E-state index in [1.165, 1.54) is 25.7 Å². The summed E-state index contributed by atoms with van der Waals surface area (Å²) in [5.74, 6) is 2.93. The topological polar surface area (TPSA) is 387 Å². The van der Waals surface area contributed by atoms with Gasteiger partial charge in [0.1, 0.15) is 35.7 Å². The van der Waals surface area contributed by atoms with Crippen molar-refractivity contribution >= 4 is 102 Å². The zero-order valence-corrected chi connectivity index (χ0v) is 76.4. The third-order valence-electron chi connectivity index (χ3n) is 30.2. The number of nitriles is 4. The summed E-state index contributed by atoms with van der Waals surface area (Å²) in [5, 5.41) is 46.3. The molecule has 13 aliphatic heterocycles. The van der Waals surface area contributed by atoms with Gasteiger partial charge in [0, 0.05) is 188 Å². The molecule has 13 saturated heterocycles. The summed E-state index contributed by atoms with van der Waals surface area (Å²) in [6, 6.07) is 9.84. The number of rotatable bonds is 10. The number of Topliss-reactive ketones (excluding diaryl/α,β-unsaturated/α-hetero) is 2. The number of nitrogens with zero attached hydrogens (tertiary/aromatic N) is 17. The number of urea groups is 4. The summed E-state index contributed by atoms with van der Waals surface area (Å²) in [6.07, 6.45) is 24.5. The minimum absolute atomic E-state index is 0. The lowest BCUT2D eigenvalue weighted by Gasteiger charge is -2.31. The van der Waals surface area contributed by atoms with Crippen molar-refractivity contribution in [2.24, 2.45) is 64.9 Å². The van der Waals surface area contributed by atoms with Gasteiger partial charge in [0.25, 0.3) is 0 Å². The van der Waals surface area contributed by atoms with E-state index in [-0.39, 0.29) is 146 Å². The summed E-state index contributed by atoms with van der Waals surface area (Å²) < 4.78 is 36.3. The molecule has 18 aliphatic rings. The third kappa shape index (κ3) is 26.1. The molecule has 13 amide bonds. The van der Waals surface area contributed by atoms with Crippen molar-refractivity contribution in [1.29, 1.82) is 21.0 Å². The van der Waals surface area contributed by atoms with Gasteiger partial charge in [0.15, 0.2) is 0 Å². The van der Waals surface area contributed by atoms with Gasteiger partial charge in [-0.1, -0.05) is 0 Å². The highest BCUT2D eigenvalue weighted by Crippen LogP contribution is 2.43. The van der Waals surface area contributed by atoms with Crippen LogP contribution < -0.4 is 21.7 Å². The molecule has 17 atom stereocenters. The van der Waals surface area contributed by atoms with E-state index in [0.717, 1.165) is 251 Å². The van der Waals surface area contributed by atoms with E-state index in [1.54, 1.807) is 19.6 Å². The fourth-order valence-corrected chi connectivity index (χ4v) is 23.6. The fraction of sp³-hybridized carbons (Fsp3) is 0.831. The van der Waals surface area contributed by atoms with Gasteiger partial charge in [0.2, 0.25) is 23.6 Å². The molecule has 0 aromatic rings. The Morgan fingerprint density at radius 1 is 0.307 bits per heavy atom. The van der Waals surface area contributed by atoms with E-state index in [1.807, 2.05) is 24.5 Å². The standard InChI is InChI=1S/3C20H31N5O2.C13H20N2O2.C9H10F3NO2.C7H11N3O.3ClH/c3*21-11-18-5-4-8-25(18)19(26)12-22-17-9-15-13-24(14-16(15)10-17)20(27)23-6-2-1-3-7-23;16-12-6-10-8-15(9-11(10)7-12)13(17)14-4-2-1-3-5-14;10-9(11,12)8(15)13-3-5-1-7(14)2-6(5)4-13;8-4-6-2-1-3-10(6)7(11)5-9;;;/h3*15-18,22H,1-10,12-14H2;10-11H,1-9H2;5-6H,1-4H2;6H,1-3,5,9H2;3*1H/t3*15-,16+,17?,18-;10-,11+;5-,6+;6-;;;/m000..0.../s1. The largest absolute Gasteiger partial charge is 0.471 e. The molecule has 0 spiro atoms. The monoisotopic (exact) mass is 1840 g/mol. The highest BCUT2D eigenvalue weighted by atomic mass is 35.5. The highest BCUT2D eigenvalue weighted by Gasteiger charge is 2.52. The molecule has 5 saturated carbocycles. The quantitative estimate of drug-likeness (QED) is 0.165. The van der Waals surface area contributed by atoms with Gasteiger partial charge in [-0.15, -0.1) is 37.2 Å². The molecule has 5 N–H and O–H groups in total. The molecule has 13 heterocycles. The molecule has 38 heteroatoms. The number of carbonyl (C=O) groups excluding carboxylic acids is 11. The highest BCUT2D eigenvalue weighted by molar-refractivity contribution is 5.87. The molecule has 3 unspecified atom stereocenters. The van der Waals surface area contributed by atoms with Crippen LogP contribution in [0.1, 0.15) is 193 Å². The van der Waals surface area contributed by atoms with Gasteiger partial charge in [0.05, 0.1) is 50.5 Å². The summed E-state index contributed by atoms with van der Waals surface area (Å²) >= 11 is 0. The van der Waals surface area contributed by atoms with Crippen molar-refractivity contribution in [2.75, 3.05) is 170 Å². The van der Waals surface area contributed by atoms with Gasteiger partial charge in [-0.05, 0) is 226 Å². The van der Waals surface area contributed by atoms with Crippen LogP contribution in [0.3, 0.4) is 0 Å². The summed E-state index contributed by atoms with van der Waals surface area (Å²) in [5.41, 5.74) is 5.17. The smallest absolute Gasteiger partial charge is 0.334 e. The van der Waals surface area contributed by atoms with Gasteiger partial charge in [-0.2, -0.15) is 34.2 Å². The van der Waals surface area contributed by atoms with E-state index in [0.29, 0.717) is 143 Å². The van der Waals surface area contributed by atoms with Gasteiger partial charge in [-0.25, -0.2) is 19.2 Å². The number of halogens is 6. The average molecular weight is 1840 g/mol. The zero-order chi connectivity index (χ0) is 87.7. The third-order valence-corrected chi connectivity index (χ3v) is 30.2. The van der Waals surface area contributed by atoms with E-state index < -0.39 is 12.1 Å². The maximum atomic E-state index is 12.7. The maximum absolute atomic E-state index is 12.7. The Kier molecular flexibility index (Phi) is 38.2. The Labute approximate surface area is 765 Å². The van der Waals surface area contributed by atoms with Crippen molar-refractivity contribution in [1.82, 2.24) is 79.6 Å². The number of hydrogen-bond acceptors (Lipinski definition) is 19. The van der Waals surface area contributed by atoms with Gasteiger partial charge < -0.3 is 85.4 Å². The predicted octanol–water partition coefficient (Wildman–Crippen LogP) is 7.44. The van der Waals surface area contributed by atoms with Crippen LogP contribution in [0.25, 0.3) is 0 Å². The van der Waals surface area contributed by atoms with Crippen LogP contribution >= 0.6 is 37.2 Å². The van der Waals surface area contributed by atoms with Crippen LogP contribution in [0.5, 0.6) is 0 Å². The van der Waals surface area contributed by atoms with E-state index in [2.05, 4.69) is 54.9 Å². The number of alkyl halides is 3. The van der Waals surface area contributed by atoms with E-state index in [9.17, 15) is 65.9 Å². The number of carbonyl (C=O) groups is 11. The number of likely N-dealkylation sites (tertiary alicyclic amines) is 13. The molecule has 0 aromatic heterocycles. The number of ketones is 2. The lowest BCUT2D eigenvalue weighted by atomic mass is 10.0. The van der Waals surface area contributed by atoms with Crippen molar-refractivity contribution in [3.8, 4) is 24.3 Å². The van der Waals surface area contributed by atoms with Crippen LogP contribution in [-0.4, -0.2) is 348 Å². The number of hydrogen-bond donors (Lipinski definition) is 4. The molecule has 0 aromatic carbocycles. The second-order valence-electron chi connectivity index (χ2n) is 38.5. The second kappa shape index (κ2) is 47.9. The van der Waals surface area contributed by atoms with E-state index in [4.69, 9.17) is 26.8 Å². The molecular formula is C89H137Cl3F3N21O11. The number of nitrogens with one attached hydrogen (secondary N) is 3. The molecule has 18 fully saturated rings. The molecule has 18 rings (SSSR count). The number of fused-ring (bicyclic) bond motifs is 5. The van der Waals surface area contributed by atoms with Crippen LogP contribution in [0.2, 0.25) is 0 Å². The Morgan fingerprint density at radius 3 is 0.732 bits per heavy atom. The average Bonchev–Trinajstić information content (AvgIpc) is 1.67. The molecule has 706 valence electrons. The molecule has 5 aliphatic carbocycles. The Bertz CT molecular complexity index is 3620. The van der Waals surface area contributed by atoms with Crippen molar-refractivity contribution in [3.63, 3.8) is 0 Å². The molecular weight excluding hydrogens is 1700 g/mol. The maximum Gasteiger partial charge on any atom is 0.471 e. The number of nitrogens with two attached hydrogens (primary N) is 1. The minimum Gasteiger partial charge on any atom is -0.334 e. The van der Waals surface area contributed by atoms with Crippen LogP contribution in [0, 0.1) is 105 Å². The normalized spacial score (nSPS) is 31.3. The first-order chi connectivity index (χ1) is 59.9. The number of piperidine rings is 4. The Morgan fingerprint density at radius 2 is 0.520 bits per heavy atom. The van der Waals surface area contributed by atoms with Crippen molar-refractivity contribution in [3.05, 3.63) is 0 Å². The first kappa shape index (κ1) is 101. The lowest BCUT2D eigenvalue weighted by Crippen LogP contribution is -2.45. The number of amides is 13. The minimum atomic E-state index is -4.79. The van der Waals surface area contributed by atoms with Crippen LogP contribution in [-0.2, 0) is 33.6 Å². The van der Waals surface area contributed by atoms with Crippen molar-refractivity contribution in [2.45, 2.75) is 241 Å². The molecule has 0 bridgehead atoms. The SMILES string of the molecule is Cl.Cl.Cl.N#C[C@@H]1CCCN1C(=O)CN.N#C[C@@H]1CCCN1C(=O)CNC1C[C@@H]2CN(C(=O)N3CCCCC3)C[C@@H]2C1.N#C[C@@H]1CCCN1C(=O)CNC1C[C@@H]2CN(C(=O)N3CCCCC3)C[C@@H]2C1.N#C[C@@H]1CCCN1C(=O)CNC1C[C@@H]2CN(C(=O)N3CCCCC3)C[C@@H]2C1.O=C1C[C@@H]2CN(C(=O)C(F)(F)F)C[C@@H]2C1.O=C1C[C@@H]2CN(C(=O)N3CCCCC3)C[C@@H]2C1. The van der Waals surface area contributed by atoms with Crippen LogP contribution in [0.15, 0.2) is 0 Å².